The standard InChI is InChI=1S/C9H10O5S/c1-13-6-3-4-8(15(11)12)7(5-6)9(10)14-2/h3-5H,1-2H3,(H,11,12). The van der Waals surface area contributed by atoms with Gasteiger partial charge < -0.3 is 14.0 Å². The maximum Gasteiger partial charge on any atom is 0.339 e. The minimum atomic E-state index is -2.23. The smallest absolute Gasteiger partial charge is 0.339 e. The van der Waals surface area contributed by atoms with Gasteiger partial charge in [0.25, 0.3) is 0 Å². The fourth-order valence-electron chi connectivity index (χ4n) is 1.06. The summed E-state index contributed by atoms with van der Waals surface area (Å²) in [5.41, 5.74) is 0.0256. The summed E-state index contributed by atoms with van der Waals surface area (Å²) in [7, 11) is 2.64. The van der Waals surface area contributed by atoms with Crippen molar-refractivity contribution in [1.82, 2.24) is 0 Å². The van der Waals surface area contributed by atoms with Gasteiger partial charge in [0.05, 0.1) is 24.7 Å². The van der Waals surface area contributed by atoms with Gasteiger partial charge in [0, 0.05) is 0 Å². The average molecular weight is 230 g/mol. The molecule has 0 saturated heterocycles. The van der Waals surface area contributed by atoms with Gasteiger partial charge in [-0.15, -0.1) is 0 Å². The predicted octanol–water partition coefficient (Wildman–Crippen LogP) is 1.06. The third-order valence-corrected chi connectivity index (χ3v) is 2.51. The molecule has 1 atom stereocenters. The highest BCUT2D eigenvalue weighted by Crippen LogP contribution is 2.20. The van der Waals surface area contributed by atoms with Crippen LogP contribution in [0.15, 0.2) is 23.1 Å². The van der Waals surface area contributed by atoms with Gasteiger partial charge in [-0.2, -0.15) is 0 Å². The predicted molar refractivity (Wildman–Crippen MR) is 53.4 cm³/mol. The highest BCUT2D eigenvalue weighted by molar-refractivity contribution is 7.79. The van der Waals surface area contributed by atoms with E-state index in [9.17, 15) is 9.00 Å². The molecular weight excluding hydrogens is 220 g/mol. The molecule has 1 aromatic carbocycles. The van der Waals surface area contributed by atoms with Crippen molar-refractivity contribution in [2.24, 2.45) is 0 Å². The van der Waals surface area contributed by atoms with Crippen molar-refractivity contribution < 1.29 is 23.0 Å². The second-order valence-electron chi connectivity index (χ2n) is 2.60. The third kappa shape index (κ3) is 2.54. The molecule has 0 saturated carbocycles. The molecule has 1 rings (SSSR count). The quantitative estimate of drug-likeness (QED) is 0.621. The van der Waals surface area contributed by atoms with E-state index < -0.39 is 17.0 Å². The largest absolute Gasteiger partial charge is 0.497 e. The summed E-state index contributed by atoms with van der Waals surface area (Å²) < 4.78 is 29.2. The molecule has 1 unspecified atom stereocenters. The lowest BCUT2D eigenvalue weighted by atomic mass is 10.2. The number of hydrogen-bond acceptors (Lipinski definition) is 4. The average Bonchev–Trinajstić information content (AvgIpc) is 2.26. The molecule has 0 aliphatic carbocycles. The van der Waals surface area contributed by atoms with Gasteiger partial charge in [-0.1, -0.05) is 0 Å². The monoisotopic (exact) mass is 230 g/mol. The Morgan fingerprint density at radius 1 is 1.40 bits per heavy atom. The number of benzene rings is 1. The van der Waals surface area contributed by atoms with Crippen LogP contribution in [0.1, 0.15) is 10.4 Å². The first-order valence-corrected chi connectivity index (χ1v) is 5.08. The van der Waals surface area contributed by atoms with E-state index in [4.69, 9.17) is 9.29 Å². The summed E-state index contributed by atoms with van der Waals surface area (Å²) in [6.07, 6.45) is 0. The van der Waals surface area contributed by atoms with E-state index in [1.54, 1.807) is 0 Å². The van der Waals surface area contributed by atoms with Crippen LogP contribution in [0.4, 0.5) is 0 Å². The molecule has 1 aromatic rings. The van der Waals surface area contributed by atoms with E-state index in [1.165, 1.54) is 32.4 Å². The highest BCUT2D eigenvalue weighted by atomic mass is 32.2. The van der Waals surface area contributed by atoms with Crippen molar-refractivity contribution in [3.63, 3.8) is 0 Å². The fourth-order valence-corrected chi connectivity index (χ4v) is 1.57. The molecule has 1 N–H and O–H groups in total. The Morgan fingerprint density at radius 3 is 2.53 bits per heavy atom. The van der Waals surface area contributed by atoms with Gasteiger partial charge in [-0.25, -0.2) is 9.00 Å². The Morgan fingerprint density at radius 2 is 2.07 bits per heavy atom. The highest BCUT2D eigenvalue weighted by Gasteiger charge is 2.16. The van der Waals surface area contributed by atoms with Crippen LogP contribution in [0.5, 0.6) is 5.75 Å². The maximum absolute atomic E-state index is 11.3. The number of methoxy groups -OCH3 is 2. The molecule has 82 valence electrons. The summed E-state index contributed by atoms with van der Waals surface area (Å²) in [6, 6.07) is 4.20. The van der Waals surface area contributed by atoms with Gasteiger partial charge >= 0.3 is 5.97 Å². The van der Waals surface area contributed by atoms with Crippen LogP contribution in [0, 0.1) is 0 Å². The summed E-state index contributed by atoms with van der Waals surface area (Å²) in [6.45, 7) is 0. The number of ether oxygens (including phenoxy) is 2. The molecule has 0 aliphatic rings. The minimum Gasteiger partial charge on any atom is -0.497 e. The van der Waals surface area contributed by atoms with Crippen LogP contribution >= 0.6 is 0 Å². The second-order valence-corrected chi connectivity index (χ2v) is 3.54. The summed E-state index contributed by atoms with van der Waals surface area (Å²) in [4.78, 5) is 11.3. The molecule has 15 heavy (non-hydrogen) atoms. The van der Waals surface area contributed by atoms with Crippen LogP contribution in [0.2, 0.25) is 0 Å². The number of rotatable bonds is 3. The zero-order chi connectivity index (χ0) is 11.4. The van der Waals surface area contributed by atoms with Gasteiger partial charge in [0.15, 0.2) is 11.1 Å². The molecule has 0 spiro atoms. The van der Waals surface area contributed by atoms with Crippen molar-refractivity contribution in [2.75, 3.05) is 14.2 Å². The molecule has 0 aliphatic heterocycles. The first-order chi connectivity index (χ1) is 7.10. The van der Waals surface area contributed by atoms with E-state index in [1.807, 2.05) is 0 Å². The number of carbonyl (C=O) groups is 1. The van der Waals surface area contributed by atoms with Gasteiger partial charge in [0.1, 0.15) is 5.75 Å². The number of carbonyl (C=O) groups excluding carboxylic acids is 1. The van der Waals surface area contributed by atoms with Crippen LogP contribution in [0.25, 0.3) is 0 Å². The zero-order valence-electron chi connectivity index (χ0n) is 8.22. The van der Waals surface area contributed by atoms with E-state index in [0.29, 0.717) is 5.75 Å². The van der Waals surface area contributed by atoms with E-state index in [0.717, 1.165) is 0 Å². The molecule has 0 aromatic heterocycles. The van der Waals surface area contributed by atoms with Crippen molar-refractivity contribution in [1.29, 1.82) is 0 Å². The first-order valence-electron chi connectivity index (χ1n) is 3.97. The lowest BCUT2D eigenvalue weighted by Crippen LogP contribution is -2.07. The van der Waals surface area contributed by atoms with Crippen molar-refractivity contribution in [3.05, 3.63) is 23.8 Å². The fraction of sp³-hybridized carbons (Fsp3) is 0.222. The molecule has 0 heterocycles. The van der Waals surface area contributed by atoms with E-state index in [-0.39, 0.29) is 10.5 Å². The Kier molecular flexibility index (Phi) is 3.81. The van der Waals surface area contributed by atoms with Crippen molar-refractivity contribution in [3.8, 4) is 5.75 Å². The second kappa shape index (κ2) is 4.90. The molecule has 0 bridgehead atoms. The SMILES string of the molecule is COC(=O)c1cc(OC)ccc1S(=O)O. The van der Waals surface area contributed by atoms with Gasteiger partial charge in [-0.3, -0.25) is 0 Å². The Hall–Kier alpha value is -1.40. The first kappa shape index (κ1) is 11.7. The van der Waals surface area contributed by atoms with Crippen molar-refractivity contribution in [2.45, 2.75) is 4.90 Å². The van der Waals surface area contributed by atoms with Crippen LogP contribution in [-0.4, -0.2) is 29.0 Å². The molecule has 0 fully saturated rings. The van der Waals surface area contributed by atoms with E-state index >= 15 is 0 Å². The third-order valence-electron chi connectivity index (χ3n) is 1.78. The lowest BCUT2D eigenvalue weighted by Gasteiger charge is -2.06. The summed E-state index contributed by atoms with van der Waals surface area (Å²) >= 11 is -2.23. The number of esters is 1. The minimum absolute atomic E-state index is 0.00245. The summed E-state index contributed by atoms with van der Waals surface area (Å²) in [5, 5.41) is 0. The molecular formula is C9H10O5S. The van der Waals surface area contributed by atoms with Gasteiger partial charge in [-0.05, 0) is 18.2 Å². The molecule has 5 nitrogen and oxygen atoms in total. The van der Waals surface area contributed by atoms with Crippen LogP contribution in [-0.2, 0) is 15.8 Å². The van der Waals surface area contributed by atoms with Crippen molar-refractivity contribution >= 4 is 17.0 Å². The Bertz CT molecular complexity index is 401. The normalized spacial score (nSPS) is 11.9. The topological polar surface area (TPSA) is 72.8 Å². The lowest BCUT2D eigenvalue weighted by molar-refractivity contribution is 0.0596. The van der Waals surface area contributed by atoms with Crippen LogP contribution in [0.3, 0.4) is 0 Å². The van der Waals surface area contributed by atoms with Crippen LogP contribution < -0.4 is 4.74 Å². The molecule has 0 radical (unpaired) electrons. The molecule has 6 heteroatoms. The molecule has 0 amide bonds. The summed E-state index contributed by atoms with van der Waals surface area (Å²) in [5.74, 6) is -0.254. The Labute approximate surface area is 89.3 Å². The Balaban J connectivity index is 3.28. The van der Waals surface area contributed by atoms with E-state index in [2.05, 4.69) is 4.74 Å². The zero-order valence-corrected chi connectivity index (χ0v) is 9.04. The maximum atomic E-state index is 11.3. The van der Waals surface area contributed by atoms with Gasteiger partial charge in [0.2, 0.25) is 0 Å². The number of hydrogen-bond donors (Lipinski definition) is 1.